The highest BCUT2D eigenvalue weighted by Gasteiger charge is 2.15. The maximum absolute atomic E-state index is 11.8. The topological polar surface area (TPSA) is 79.5 Å². The van der Waals surface area contributed by atoms with Gasteiger partial charge in [-0.05, 0) is 37.1 Å². The molecule has 23 heavy (non-hydrogen) atoms. The number of rotatable bonds is 6. The Balaban J connectivity index is 1.62. The number of carbonyl (C=O) groups excluding carboxylic acids is 2. The van der Waals surface area contributed by atoms with Gasteiger partial charge in [0.05, 0.1) is 7.11 Å². The highest BCUT2D eigenvalue weighted by atomic mass is 16.5. The molecule has 126 valence electrons. The van der Waals surface area contributed by atoms with Gasteiger partial charge in [0.15, 0.2) is 0 Å². The van der Waals surface area contributed by atoms with Crippen LogP contribution < -0.4 is 20.7 Å². The molecule has 0 spiro atoms. The van der Waals surface area contributed by atoms with Gasteiger partial charge in [0.25, 0.3) is 0 Å². The fourth-order valence-electron chi connectivity index (χ4n) is 2.69. The minimum atomic E-state index is -0.319. The number of hydrogen-bond donors (Lipinski definition) is 3. The summed E-state index contributed by atoms with van der Waals surface area (Å²) in [5, 5.41) is 8.43. The summed E-state index contributed by atoms with van der Waals surface area (Å²) in [6.45, 7) is 0.320. The predicted octanol–water partition coefficient (Wildman–Crippen LogP) is 2.66. The lowest BCUT2D eigenvalue weighted by Crippen LogP contribution is -2.38. The number of benzene rings is 1. The van der Waals surface area contributed by atoms with E-state index in [4.69, 9.17) is 4.74 Å². The van der Waals surface area contributed by atoms with Gasteiger partial charge in [-0.1, -0.05) is 19.3 Å². The van der Waals surface area contributed by atoms with Crippen molar-refractivity contribution in [1.29, 1.82) is 0 Å². The first-order valence-corrected chi connectivity index (χ1v) is 8.15. The molecule has 1 fully saturated rings. The minimum absolute atomic E-state index is 0.00153. The largest absolute Gasteiger partial charge is 0.497 e. The van der Waals surface area contributed by atoms with Crippen molar-refractivity contribution in [2.75, 3.05) is 19.0 Å². The highest BCUT2D eigenvalue weighted by molar-refractivity contribution is 5.89. The zero-order chi connectivity index (χ0) is 16.5. The molecule has 6 nitrogen and oxygen atoms in total. The molecule has 1 aromatic carbocycles. The Labute approximate surface area is 137 Å². The summed E-state index contributed by atoms with van der Waals surface area (Å²) in [4.78, 5) is 23.6. The van der Waals surface area contributed by atoms with E-state index in [1.165, 1.54) is 19.3 Å². The van der Waals surface area contributed by atoms with Crippen LogP contribution in [-0.4, -0.2) is 31.6 Å². The lowest BCUT2D eigenvalue weighted by molar-refractivity contribution is -0.121. The Kier molecular flexibility index (Phi) is 6.72. The smallest absolute Gasteiger partial charge is 0.319 e. The first kappa shape index (κ1) is 17.1. The lowest BCUT2D eigenvalue weighted by atomic mass is 9.95. The number of anilines is 1. The van der Waals surface area contributed by atoms with E-state index >= 15 is 0 Å². The van der Waals surface area contributed by atoms with E-state index in [0.29, 0.717) is 24.7 Å². The molecule has 0 bridgehead atoms. The number of nitrogens with one attached hydrogen (secondary N) is 3. The van der Waals surface area contributed by atoms with Gasteiger partial charge in [0.1, 0.15) is 5.75 Å². The number of urea groups is 1. The number of hydrogen-bond acceptors (Lipinski definition) is 3. The maximum atomic E-state index is 11.8. The molecular formula is C17H25N3O3. The van der Waals surface area contributed by atoms with Crippen LogP contribution in [0.4, 0.5) is 10.5 Å². The van der Waals surface area contributed by atoms with Crippen molar-refractivity contribution in [3.8, 4) is 5.75 Å². The van der Waals surface area contributed by atoms with Crippen LogP contribution in [0.2, 0.25) is 0 Å². The fourth-order valence-corrected chi connectivity index (χ4v) is 2.69. The van der Waals surface area contributed by atoms with Crippen molar-refractivity contribution in [3.63, 3.8) is 0 Å². The van der Waals surface area contributed by atoms with Crippen LogP contribution in [0.5, 0.6) is 5.75 Å². The maximum Gasteiger partial charge on any atom is 0.319 e. The normalized spacial score (nSPS) is 14.8. The Bertz CT molecular complexity index is 510. The Morgan fingerprint density at radius 1 is 1.13 bits per heavy atom. The molecule has 1 aliphatic carbocycles. The van der Waals surface area contributed by atoms with E-state index < -0.39 is 0 Å². The molecular weight excluding hydrogens is 294 g/mol. The van der Waals surface area contributed by atoms with Gasteiger partial charge in [-0.15, -0.1) is 0 Å². The molecule has 0 aliphatic heterocycles. The fraction of sp³-hybridized carbons (Fsp3) is 0.529. The summed E-state index contributed by atoms with van der Waals surface area (Å²) in [6, 6.07) is 7.05. The molecule has 0 heterocycles. The van der Waals surface area contributed by atoms with Crippen molar-refractivity contribution in [3.05, 3.63) is 24.3 Å². The summed E-state index contributed by atoms with van der Waals surface area (Å²) >= 11 is 0. The molecule has 0 saturated heterocycles. The van der Waals surface area contributed by atoms with Crippen LogP contribution >= 0.6 is 0 Å². The van der Waals surface area contributed by atoms with Crippen LogP contribution in [0, 0.1) is 0 Å². The molecule has 6 heteroatoms. The first-order chi connectivity index (χ1) is 11.2. The molecule has 0 aromatic heterocycles. The summed E-state index contributed by atoms with van der Waals surface area (Å²) in [5.41, 5.74) is 0.676. The second-order valence-electron chi connectivity index (χ2n) is 5.76. The van der Waals surface area contributed by atoms with Gasteiger partial charge in [-0.3, -0.25) is 4.79 Å². The average Bonchev–Trinajstić information content (AvgIpc) is 2.56. The molecule has 1 aliphatic rings. The van der Waals surface area contributed by atoms with Crippen LogP contribution in [-0.2, 0) is 4.79 Å². The predicted molar refractivity (Wildman–Crippen MR) is 89.6 cm³/mol. The van der Waals surface area contributed by atoms with Crippen LogP contribution in [0.25, 0.3) is 0 Å². The van der Waals surface area contributed by atoms with E-state index in [1.807, 2.05) is 0 Å². The van der Waals surface area contributed by atoms with Gasteiger partial charge >= 0.3 is 6.03 Å². The lowest BCUT2D eigenvalue weighted by Gasteiger charge is -2.22. The van der Waals surface area contributed by atoms with E-state index in [9.17, 15) is 9.59 Å². The minimum Gasteiger partial charge on any atom is -0.497 e. The van der Waals surface area contributed by atoms with Gasteiger partial charge in [-0.2, -0.15) is 0 Å². The summed E-state index contributed by atoms with van der Waals surface area (Å²) in [7, 11) is 1.59. The van der Waals surface area contributed by atoms with Crippen LogP contribution in [0.1, 0.15) is 38.5 Å². The molecule has 3 amide bonds. The molecule has 1 aromatic rings. The Morgan fingerprint density at radius 3 is 2.48 bits per heavy atom. The quantitative estimate of drug-likeness (QED) is 0.754. The Morgan fingerprint density at radius 2 is 1.83 bits per heavy atom. The van der Waals surface area contributed by atoms with Crippen molar-refractivity contribution < 1.29 is 14.3 Å². The number of ether oxygens (including phenoxy) is 1. The molecule has 1 saturated carbocycles. The second kappa shape index (κ2) is 9.02. The first-order valence-electron chi connectivity index (χ1n) is 8.15. The third kappa shape index (κ3) is 6.18. The van der Waals surface area contributed by atoms with Crippen molar-refractivity contribution in [2.24, 2.45) is 0 Å². The standard InChI is InChI=1S/C17H25N3O3/c1-23-15-9-7-14(8-10-15)20-17(22)18-12-11-16(21)19-13-5-3-2-4-6-13/h7-10,13H,2-6,11-12H2,1H3,(H,19,21)(H2,18,20,22). The summed E-state index contributed by atoms with van der Waals surface area (Å²) < 4.78 is 5.05. The van der Waals surface area contributed by atoms with Crippen molar-refractivity contribution in [1.82, 2.24) is 10.6 Å². The molecule has 0 unspecified atom stereocenters. The summed E-state index contributed by atoms with van der Waals surface area (Å²) in [6.07, 6.45) is 6.07. The van der Waals surface area contributed by atoms with Crippen molar-refractivity contribution in [2.45, 2.75) is 44.6 Å². The summed E-state index contributed by atoms with van der Waals surface area (Å²) in [5.74, 6) is 0.733. The number of methoxy groups -OCH3 is 1. The molecule has 0 atom stereocenters. The van der Waals surface area contributed by atoms with E-state index in [0.717, 1.165) is 18.6 Å². The van der Waals surface area contributed by atoms with Gasteiger partial charge < -0.3 is 20.7 Å². The Hall–Kier alpha value is -2.24. The third-order valence-corrected chi connectivity index (χ3v) is 3.96. The van der Waals surface area contributed by atoms with E-state index in [1.54, 1.807) is 31.4 Å². The average molecular weight is 319 g/mol. The monoisotopic (exact) mass is 319 g/mol. The molecule has 0 radical (unpaired) electrons. The van der Waals surface area contributed by atoms with E-state index in [2.05, 4.69) is 16.0 Å². The van der Waals surface area contributed by atoms with Crippen LogP contribution in [0.3, 0.4) is 0 Å². The van der Waals surface area contributed by atoms with Gasteiger partial charge in [-0.25, -0.2) is 4.79 Å². The van der Waals surface area contributed by atoms with Crippen LogP contribution in [0.15, 0.2) is 24.3 Å². The van der Waals surface area contributed by atoms with E-state index in [-0.39, 0.29) is 11.9 Å². The van der Waals surface area contributed by atoms with Gasteiger partial charge in [0, 0.05) is 24.7 Å². The second-order valence-corrected chi connectivity index (χ2v) is 5.76. The number of amides is 3. The van der Waals surface area contributed by atoms with Crippen molar-refractivity contribution >= 4 is 17.6 Å². The molecule has 3 N–H and O–H groups in total. The number of carbonyl (C=O) groups is 2. The zero-order valence-electron chi connectivity index (χ0n) is 13.6. The van der Waals surface area contributed by atoms with Gasteiger partial charge in [0.2, 0.25) is 5.91 Å². The zero-order valence-corrected chi connectivity index (χ0v) is 13.6. The third-order valence-electron chi connectivity index (χ3n) is 3.96. The SMILES string of the molecule is COc1ccc(NC(=O)NCCC(=O)NC2CCCCC2)cc1. The molecule has 2 rings (SSSR count). The highest BCUT2D eigenvalue weighted by Crippen LogP contribution is 2.17.